The molecular formula is C28H31FN8O2S2. The van der Waals surface area contributed by atoms with Gasteiger partial charge < -0.3 is 9.80 Å². The summed E-state index contributed by atoms with van der Waals surface area (Å²) < 4.78 is 40.7. The number of anilines is 3. The summed E-state index contributed by atoms with van der Waals surface area (Å²) in [5, 5.41) is 15.5. The molecule has 2 aliphatic rings. The molecule has 6 rings (SSSR count). The predicted octanol–water partition coefficient (Wildman–Crippen LogP) is 4.36. The minimum atomic E-state index is -3.14. The molecule has 2 fully saturated rings. The van der Waals surface area contributed by atoms with Crippen molar-refractivity contribution in [2.24, 2.45) is 5.41 Å². The van der Waals surface area contributed by atoms with Crippen molar-refractivity contribution in [3.63, 3.8) is 0 Å². The normalized spacial score (nSPS) is 17.1. The fraction of sp³-hybridized carbons (Fsp3) is 0.429. The second-order valence-electron chi connectivity index (χ2n) is 11.0. The first-order valence-electron chi connectivity index (χ1n) is 13.5. The van der Waals surface area contributed by atoms with Crippen LogP contribution in [-0.2, 0) is 16.4 Å². The van der Waals surface area contributed by atoms with E-state index in [4.69, 9.17) is 15.1 Å². The molecule has 2 aliphatic heterocycles. The van der Waals surface area contributed by atoms with Gasteiger partial charge in [0.15, 0.2) is 16.6 Å². The predicted molar refractivity (Wildman–Crippen MR) is 158 cm³/mol. The average molecular weight is 595 g/mol. The monoisotopic (exact) mass is 594 g/mol. The molecule has 4 aromatic rings. The number of imidazole rings is 1. The first-order chi connectivity index (χ1) is 19.5. The van der Waals surface area contributed by atoms with Gasteiger partial charge in [0, 0.05) is 44.2 Å². The Morgan fingerprint density at radius 1 is 1.17 bits per heavy atom. The van der Waals surface area contributed by atoms with Gasteiger partial charge in [-0.1, -0.05) is 18.3 Å². The van der Waals surface area contributed by atoms with Crippen LogP contribution in [0.5, 0.6) is 0 Å². The zero-order valence-corrected chi connectivity index (χ0v) is 25.1. The van der Waals surface area contributed by atoms with Crippen LogP contribution in [0.1, 0.15) is 35.9 Å². The van der Waals surface area contributed by atoms with Crippen molar-refractivity contribution >= 4 is 43.8 Å². The van der Waals surface area contributed by atoms with Gasteiger partial charge in [-0.2, -0.15) is 9.78 Å². The van der Waals surface area contributed by atoms with Crippen molar-refractivity contribution in [2.75, 3.05) is 49.3 Å². The van der Waals surface area contributed by atoms with Crippen molar-refractivity contribution < 1.29 is 12.8 Å². The van der Waals surface area contributed by atoms with Crippen LogP contribution in [0.2, 0.25) is 0 Å². The average Bonchev–Trinajstić information content (AvgIpc) is 3.53. The van der Waals surface area contributed by atoms with Crippen LogP contribution in [0.3, 0.4) is 0 Å². The fourth-order valence-electron chi connectivity index (χ4n) is 5.80. The Hall–Kier alpha value is -3.60. The lowest BCUT2D eigenvalue weighted by molar-refractivity contribution is 0.0441. The lowest BCUT2D eigenvalue weighted by atomic mass is 9.73. The second kappa shape index (κ2) is 10.0. The van der Waals surface area contributed by atoms with E-state index in [-0.39, 0.29) is 11.2 Å². The van der Waals surface area contributed by atoms with Gasteiger partial charge in [-0.25, -0.2) is 27.1 Å². The molecule has 1 spiro atoms. The molecule has 0 saturated carbocycles. The Kier molecular flexibility index (Phi) is 6.75. The number of benzene rings is 1. The van der Waals surface area contributed by atoms with Gasteiger partial charge in [0.25, 0.3) is 0 Å². The van der Waals surface area contributed by atoms with E-state index >= 15 is 0 Å². The summed E-state index contributed by atoms with van der Waals surface area (Å²) >= 11 is 1.27. The van der Waals surface area contributed by atoms with Crippen LogP contribution in [-0.4, -0.2) is 71.8 Å². The molecule has 41 heavy (non-hydrogen) atoms. The van der Waals surface area contributed by atoms with Gasteiger partial charge in [-0.3, -0.25) is 0 Å². The van der Waals surface area contributed by atoms with Crippen LogP contribution < -0.4 is 9.80 Å². The van der Waals surface area contributed by atoms with E-state index in [1.54, 1.807) is 16.4 Å². The molecule has 0 N–H and O–H groups in total. The number of halogens is 1. The number of aryl methyl sites for hydroxylation is 2. The number of nitrogens with zero attached hydrogens (tertiary/aromatic N) is 8. The lowest BCUT2D eigenvalue weighted by Crippen LogP contribution is -2.61. The number of sulfonamides is 1. The van der Waals surface area contributed by atoms with E-state index in [0.717, 1.165) is 54.5 Å². The van der Waals surface area contributed by atoms with E-state index in [1.165, 1.54) is 29.7 Å². The molecule has 5 heterocycles. The van der Waals surface area contributed by atoms with Crippen molar-refractivity contribution in [1.82, 2.24) is 23.9 Å². The molecule has 0 amide bonds. The van der Waals surface area contributed by atoms with Crippen molar-refractivity contribution in [3.05, 3.63) is 52.3 Å². The SMILES string of the molecule is CCc1nc2c(C)cc(N3CCC4(CC3)CN(S(C)(=O)=O)C4)nn2c1N(C)c1nc(-c2ccc(F)cc2)c(C#N)s1. The van der Waals surface area contributed by atoms with Crippen LogP contribution >= 0.6 is 11.3 Å². The van der Waals surface area contributed by atoms with E-state index in [9.17, 15) is 18.1 Å². The molecule has 0 unspecified atom stereocenters. The first-order valence-corrected chi connectivity index (χ1v) is 16.2. The maximum Gasteiger partial charge on any atom is 0.211 e. The molecule has 0 atom stereocenters. The third kappa shape index (κ3) is 4.83. The highest BCUT2D eigenvalue weighted by atomic mass is 32.2. The highest BCUT2D eigenvalue weighted by Gasteiger charge is 2.48. The topological polar surface area (TPSA) is 111 Å². The molecule has 214 valence electrons. The Morgan fingerprint density at radius 2 is 1.85 bits per heavy atom. The molecule has 0 radical (unpaired) electrons. The number of nitriles is 1. The number of piperidine rings is 1. The highest BCUT2D eigenvalue weighted by Crippen LogP contribution is 2.43. The molecule has 3 aromatic heterocycles. The fourth-order valence-corrected chi connectivity index (χ4v) is 7.66. The van der Waals surface area contributed by atoms with Crippen LogP contribution in [0.25, 0.3) is 16.9 Å². The minimum absolute atomic E-state index is 0.0556. The quantitative estimate of drug-likeness (QED) is 0.324. The van der Waals surface area contributed by atoms with Crippen molar-refractivity contribution in [1.29, 1.82) is 5.26 Å². The molecule has 10 nitrogen and oxygen atoms in total. The smallest absolute Gasteiger partial charge is 0.211 e. The van der Waals surface area contributed by atoms with Gasteiger partial charge in [0.2, 0.25) is 10.0 Å². The molecule has 0 aliphatic carbocycles. The van der Waals surface area contributed by atoms with Crippen molar-refractivity contribution in [3.8, 4) is 17.3 Å². The lowest BCUT2D eigenvalue weighted by Gasteiger charge is -2.52. The summed E-state index contributed by atoms with van der Waals surface area (Å²) in [6.45, 7) is 6.87. The third-order valence-electron chi connectivity index (χ3n) is 8.22. The molecular weight excluding hydrogens is 563 g/mol. The highest BCUT2D eigenvalue weighted by molar-refractivity contribution is 7.88. The summed E-state index contributed by atoms with van der Waals surface area (Å²) in [6, 6.07) is 10.3. The molecule has 13 heteroatoms. The summed E-state index contributed by atoms with van der Waals surface area (Å²) in [5.41, 5.74) is 3.88. The number of aromatic nitrogens is 4. The zero-order valence-electron chi connectivity index (χ0n) is 23.4. The van der Waals surface area contributed by atoms with Gasteiger partial charge in [0.05, 0.1) is 11.9 Å². The summed E-state index contributed by atoms with van der Waals surface area (Å²) in [6.07, 6.45) is 3.79. The van der Waals surface area contributed by atoms with E-state index in [0.29, 0.717) is 40.8 Å². The number of hydrogen-bond acceptors (Lipinski definition) is 9. The van der Waals surface area contributed by atoms with Gasteiger partial charge in [-0.05, 0) is 62.1 Å². The van der Waals surface area contributed by atoms with Crippen molar-refractivity contribution in [2.45, 2.75) is 33.1 Å². The third-order valence-corrected chi connectivity index (χ3v) is 10.4. The van der Waals surface area contributed by atoms with Crippen LogP contribution in [0.4, 0.5) is 21.2 Å². The van der Waals surface area contributed by atoms with Gasteiger partial charge in [-0.15, -0.1) is 5.10 Å². The summed E-state index contributed by atoms with van der Waals surface area (Å²) in [5.74, 6) is 1.29. The largest absolute Gasteiger partial charge is 0.355 e. The maximum absolute atomic E-state index is 13.5. The van der Waals surface area contributed by atoms with E-state index < -0.39 is 10.0 Å². The molecule has 0 bridgehead atoms. The maximum atomic E-state index is 13.5. The van der Waals surface area contributed by atoms with Crippen LogP contribution in [0, 0.1) is 29.5 Å². The summed E-state index contributed by atoms with van der Waals surface area (Å²) in [4.78, 5) is 14.3. The number of rotatable bonds is 6. The minimum Gasteiger partial charge on any atom is -0.355 e. The van der Waals surface area contributed by atoms with Gasteiger partial charge in [0.1, 0.15) is 28.3 Å². The number of fused-ring (bicyclic) bond motifs is 1. The van der Waals surface area contributed by atoms with Gasteiger partial charge >= 0.3 is 0 Å². The zero-order chi connectivity index (χ0) is 29.1. The van der Waals surface area contributed by atoms with E-state index in [1.807, 2.05) is 30.3 Å². The number of thiazole rings is 1. The van der Waals surface area contributed by atoms with Crippen LogP contribution in [0.15, 0.2) is 30.3 Å². The second-order valence-corrected chi connectivity index (χ2v) is 14.0. The number of hydrogen-bond donors (Lipinski definition) is 0. The summed E-state index contributed by atoms with van der Waals surface area (Å²) in [7, 11) is -1.24. The van der Waals surface area contributed by atoms with E-state index in [2.05, 4.69) is 17.0 Å². The first kappa shape index (κ1) is 27.6. The Morgan fingerprint density at radius 3 is 2.46 bits per heavy atom. The molecule has 1 aromatic carbocycles. The Labute approximate surface area is 242 Å². The molecule has 2 saturated heterocycles. The Balaban J connectivity index is 1.32. The standard InChI is InChI=1S/C28H31FN8O2S2/c1-5-21-26(34(3)27-32-24(22(15-30)40-27)19-6-8-20(29)9-7-19)37-25(31-21)18(2)14-23(33-37)35-12-10-28(11-13-35)16-36(17-28)41(4,38)39/h6-9,14H,5,10-13,16-17H2,1-4H3. The Bertz CT molecular complexity index is 1780.